The number of rotatable bonds is 6. The molecule has 0 aliphatic heterocycles. The van der Waals surface area contributed by atoms with Crippen LogP contribution >= 0.6 is 0 Å². The molecule has 1 amide bonds. The SMILES string of the molecule is CN(C(=O)OCC1c2ccccc2-c2ccccc21)C(CC1CCCC1)C(=O)O. The van der Waals surface area contributed by atoms with E-state index in [4.69, 9.17) is 4.74 Å². The first kappa shape index (κ1) is 19.5. The predicted octanol–water partition coefficient (Wildman–Crippen LogP) is 4.90. The number of carbonyl (C=O) groups excluding carboxylic acids is 1. The first-order valence-corrected chi connectivity index (χ1v) is 10.4. The summed E-state index contributed by atoms with van der Waals surface area (Å²) in [6, 6.07) is 15.5. The van der Waals surface area contributed by atoms with Gasteiger partial charge < -0.3 is 9.84 Å². The molecular formula is C24H27NO4. The Labute approximate surface area is 171 Å². The van der Waals surface area contributed by atoms with Crippen LogP contribution in [0.1, 0.15) is 49.1 Å². The molecule has 0 heterocycles. The number of aliphatic carboxylic acids is 1. The van der Waals surface area contributed by atoms with Gasteiger partial charge in [0.1, 0.15) is 12.6 Å². The van der Waals surface area contributed by atoms with Crippen LogP contribution in [0.25, 0.3) is 11.1 Å². The molecule has 1 atom stereocenters. The molecule has 2 aliphatic carbocycles. The Morgan fingerprint density at radius 1 is 1.03 bits per heavy atom. The fraction of sp³-hybridized carbons (Fsp3) is 0.417. The fourth-order valence-corrected chi connectivity index (χ4v) is 4.81. The average molecular weight is 393 g/mol. The van der Waals surface area contributed by atoms with Gasteiger partial charge >= 0.3 is 12.1 Å². The summed E-state index contributed by atoms with van der Waals surface area (Å²) in [5.74, 6) is -0.620. The highest BCUT2D eigenvalue weighted by Crippen LogP contribution is 2.44. The average Bonchev–Trinajstić information content (AvgIpc) is 3.36. The maximum atomic E-state index is 12.7. The Balaban J connectivity index is 1.45. The first-order valence-electron chi connectivity index (χ1n) is 10.4. The molecule has 0 spiro atoms. The van der Waals surface area contributed by atoms with Crippen molar-refractivity contribution in [1.82, 2.24) is 4.90 Å². The number of carboxylic acids is 1. The van der Waals surface area contributed by atoms with Crippen LogP contribution in [0.5, 0.6) is 0 Å². The van der Waals surface area contributed by atoms with E-state index in [1.54, 1.807) is 0 Å². The van der Waals surface area contributed by atoms with Gasteiger partial charge in [-0.1, -0.05) is 74.2 Å². The van der Waals surface area contributed by atoms with E-state index in [0.29, 0.717) is 12.3 Å². The number of ether oxygens (including phenoxy) is 1. The van der Waals surface area contributed by atoms with Crippen LogP contribution < -0.4 is 0 Å². The maximum Gasteiger partial charge on any atom is 0.410 e. The molecule has 1 N–H and O–H groups in total. The molecule has 0 radical (unpaired) electrons. The summed E-state index contributed by atoms with van der Waals surface area (Å²) in [6.45, 7) is 0.201. The third-order valence-corrected chi connectivity index (χ3v) is 6.41. The van der Waals surface area contributed by atoms with E-state index in [-0.39, 0.29) is 12.5 Å². The number of nitrogens with zero attached hydrogens (tertiary/aromatic N) is 1. The third-order valence-electron chi connectivity index (χ3n) is 6.41. The van der Waals surface area contributed by atoms with E-state index in [9.17, 15) is 14.7 Å². The lowest BCUT2D eigenvalue weighted by Crippen LogP contribution is -2.44. The molecule has 1 saturated carbocycles. The molecule has 1 unspecified atom stereocenters. The lowest BCUT2D eigenvalue weighted by Gasteiger charge is -2.27. The number of hydrogen-bond donors (Lipinski definition) is 1. The van der Waals surface area contributed by atoms with Crippen molar-refractivity contribution in [2.24, 2.45) is 5.92 Å². The van der Waals surface area contributed by atoms with Crippen molar-refractivity contribution < 1.29 is 19.4 Å². The van der Waals surface area contributed by atoms with E-state index in [2.05, 4.69) is 24.3 Å². The molecule has 0 aromatic heterocycles. The highest BCUT2D eigenvalue weighted by Gasteiger charge is 2.33. The summed E-state index contributed by atoms with van der Waals surface area (Å²) < 4.78 is 5.62. The number of amides is 1. The monoisotopic (exact) mass is 393 g/mol. The van der Waals surface area contributed by atoms with Gasteiger partial charge in [-0.05, 0) is 34.6 Å². The van der Waals surface area contributed by atoms with Gasteiger partial charge in [-0.25, -0.2) is 9.59 Å². The summed E-state index contributed by atoms with van der Waals surface area (Å²) in [6.07, 6.45) is 4.30. The van der Waals surface area contributed by atoms with Gasteiger partial charge in [0, 0.05) is 13.0 Å². The van der Waals surface area contributed by atoms with Gasteiger partial charge in [0.15, 0.2) is 0 Å². The van der Waals surface area contributed by atoms with Crippen molar-refractivity contribution in [1.29, 1.82) is 0 Å². The van der Waals surface area contributed by atoms with Gasteiger partial charge in [0.2, 0.25) is 0 Å². The van der Waals surface area contributed by atoms with Crippen LogP contribution in [0.15, 0.2) is 48.5 Å². The number of carboxylic acid groups (broad SMARTS) is 1. The van der Waals surface area contributed by atoms with Crippen LogP contribution in [-0.4, -0.2) is 41.8 Å². The Hall–Kier alpha value is -2.82. The van der Waals surface area contributed by atoms with Crippen LogP contribution in [0.3, 0.4) is 0 Å². The molecular weight excluding hydrogens is 366 g/mol. The number of hydrogen-bond acceptors (Lipinski definition) is 3. The largest absolute Gasteiger partial charge is 0.480 e. The van der Waals surface area contributed by atoms with Crippen molar-refractivity contribution in [3.05, 3.63) is 59.7 Å². The molecule has 2 aromatic rings. The zero-order chi connectivity index (χ0) is 20.4. The fourth-order valence-electron chi connectivity index (χ4n) is 4.81. The zero-order valence-corrected chi connectivity index (χ0v) is 16.7. The number of fused-ring (bicyclic) bond motifs is 3. The summed E-state index contributed by atoms with van der Waals surface area (Å²) in [4.78, 5) is 25.7. The molecule has 2 aliphatic rings. The van der Waals surface area contributed by atoms with Crippen molar-refractivity contribution in [2.75, 3.05) is 13.7 Å². The quantitative estimate of drug-likeness (QED) is 0.758. The standard InChI is InChI=1S/C24H27NO4/c1-25(22(23(26)27)14-16-8-2-3-9-16)24(28)29-15-21-19-12-6-4-10-17(19)18-11-5-7-13-20(18)21/h4-7,10-13,16,21-22H,2-3,8-9,14-15H2,1H3,(H,26,27). The van der Waals surface area contributed by atoms with Crippen molar-refractivity contribution in [2.45, 2.75) is 44.1 Å². The summed E-state index contributed by atoms with van der Waals surface area (Å²) >= 11 is 0. The maximum absolute atomic E-state index is 12.7. The van der Waals surface area contributed by atoms with Gasteiger partial charge in [0.25, 0.3) is 0 Å². The van der Waals surface area contributed by atoms with Crippen molar-refractivity contribution in [3.63, 3.8) is 0 Å². The molecule has 5 heteroatoms. The molecule has 0 saturated heterocycles. The molecule has 5 nitrogen and oxygen atoms in total. The van der Waals surface area contributed by atoms with Gasteiger partial charge in [0.05, 0.1) is 0 Å². The minimum Gasteiger partial charge on any atom is -0.480 e. The molecule has 1 fully saturated rings. The van der Waals surface area contributed by atoms with Crippen LogP contribution in [0.4, 0.5) is 4.79 Å². The predicted molar refractivity (Wildman–Crippen MR) is 111 cm³/mol. The highest BCUT2D eigenvalue weighted by atomic mass is 16.6. The molecule has 29 heavy (non-hydrogen) atoms. The topological polar surface area (TPSA) is 66.8 Å². The van der Waals surface area contributed by atoms with E-state index in [0.717, 1.165) is 36.8 Å². The second-order valence-electron chi connectivity index (χ2n) is 8.16. The van der Waals surface area contributed by atoms with Crippen molar-refractivity contribution in [3.8, 4) is 11.1 Å². The third kappa shape index (κ3) is 3.86. The first-order chi connectivity index (χ1) is 14.1. The van der Waals surface area contributed by atoms with Crippen LogP contribution in [-0.2, 0) is 9.53 Å². The Bertz CT molecular complexity index is 858. The van der Waals surface area contributed by atoms with Crippen LogP contribution in [0.2, 0.25) is 0 Å². The number of likely N-dealkylation sites (N-methyl/N-ethyl adjacent to an activating group) is 1. The molecule has 2 aromatic carbocycles. The molecule has 152 valence electrons. The van der Waals surface area contributed by atoms with E-state index in [1.165, 1.54) is 23.1 Å². The summed E-state index contributed by atoms with van der Waals surface area (Å²) in [5, 5.41) is 9.64. The van der Waals surface area contributed by atoms with Gasteiger partial charge in [-0.2, -0.15) is 0 Å². The Kier molecular flexibility index (Phi) is 5.56. The molecule has 4 rings (SSSR count). The Morgan fingerprint density at radius 3 is 2.14 bits per heavy atom. The van der Waals surface area contributed by atoms with Gasteiger partial charge in [-0.15, -0.1) is 0 Å². The second-order valence-corrected chi connectivity index (χ2v) is 8.16. The van der Waals surface area contributed by atoms with E-state index < -0.39 is 18.1 Å². The highest BCUT2D eigenvalue weighted by molar-refractivity contribution is 5.81. The summed E-state index contributed by atoms with van der Waals surface area (Å²) in [7, 11) is 1.53. The normalized spacial score (nSPS) is 16.9. The molecule has 0 bridgehead atoms. The lowest BCUT2D eigenvalue weighted by molar-refractivity contribution is -0.143. The summed E-state index contributed by atoms with van der Waals surface area (Å²) in [5.41, 5.74) is 4.62. The minimum atomic E-state index is -0.965. The number of benzene rings is 2. The lowest BCUT2D eigenvalue weighted by atomic mass is 9.97. The second kappa shape index (κ2) is 8.27. The van der Waals surface area contributed by atoms with Gasteiger partial charge in [-0.3, -0.25) is 4.90 Å². The zero-order valence-electron chi connectivity index (χ0n) is 16.7. The smallest absolute Gasteiger partial charge is 0.410 e. The van der Waals surface area contributed by atoms with E-state index >= 15 is 0 Å². The Morgan fingerprint density at radius 2 is 1.59 bits per heavy atom. The van der Waals surface area contributed by atoms with Crippen LogP contribution in [0, 0.1) is 5.92 Å². The van der Waals surface area contributed by atoms with E-state index in [1.807, 2.05) is 24.3 Å². The number of carbonyl (C=O) groups is 2. The minimum absolute atomic E-state index is 0.0298. The van der Waals surface area contributed by atoms with Crippen molar-refractivity contribution >= 4 is 12.1 Å².